The van der Waals surface area contributed by atoms with Gasteiger partial charge in [-0.2, -0.15) is 0 Å². The first-order valence-corrected chi connectivity index (χ1v) is 6.19. The van der Waals surface area contributed by atoms with Crippen molar-refractivity contribution in [2.24, 2.45) is 0 Å². The predicted octanol–water partition coefficient (Wildman–Crippen LogP) is 3.36. The Morgan fingerprint density at radius 3 is 2.86 bits per heavy atom. The van der Waals surface area contributed by atoms with Gasteiger partial charge in [-0.25, -0.2) is 0 Å². The van der Waals surface area contributed by atoms with Gasteiger partial charge in [0.25, 0.3) is 0 Å². The normalized spacial score (nSPS) is 20.8. The Morgan fingerprint density at radius 1 is 1.29 bits per heavy atom. The van der Waals surface area contributed by atoms with Crippen LogP contribution in [0.1, 0.15) is 24.8 Å². The molecule has 0 saturated heterocycles. The van der Waals surface area contributed by atoms with Gasteiger partial charge in [-0.05, 0) is 49.4 Å². The number of benzene rings is 1. The summed E-state index contributed by atoms with van der Waals surface area (Å²) in [6.45, 7) is 1.23. The van der Waals surface area contributed by atoms with Crippen LogP contribution in [0.5, 0.6) is 0 Å². The molecule has 1 aliphatic carbocycles. The monoisotopic (exact) mass is 251 g/mol. The van der Waals surface area contributed by atoms with Gasteiger partial charge in [0.15, 0.2) is 0 Å². The minimum Gasteiger partial charge on any atom is -0.368 e. The molecule has 0 amide bonds. The van der Waals surface area contributed by atoms with E-state index in [1.807, 2.05) is 0 Å². The van der Waals surface area contributed by atoms with Crippen molar-refractivity contribution in [1.29, 1.82) is 0 Å². The van der Waals surface area contributed by atoms with Crippen LogP contribution in [0.2, 0.25) is 0 Å². The number of hydrogen-bond donors (Lipinski definition) is 0. The molecule has 14 heavy (non-hydrogen) atoms. The molecule has 1 aliphatic heterocycles. The molecule has 0 unspecified atom stereocenters. The Labute approximate surface area is 93.2 Å². The predicted molar refractivity (Wildman–Crippen MR) is 62.8 cm³/mol. The van der Waals surface area contributed by atoms with Gasteiger partial charge in [0.05, 0.1) is 0 Å². The minimum absolute atomic E-state index is 0.845. The minimum atomic E-state index is 0.845. The molecule has 0 aromatic heterocycles. The van der Waals surface area contributed by atoms with Crippen molar-refractivity contribution in [1.82, 2.24) is 0 Å². The number of anilines is 1. The Morgan fingerprint density at radius 2 is 2.14 bits per heavy atom. The maximum atomic E-state index is 3.53. The van der Waals surface area contributed by atoms with E-state index in [9.17, 15) is 0 Å². The first-order chi connectivity index (χ1) is 6.84. The zero-order valence-corrected chi connectivity index (χ0v) is 9.76. The first-order valence-electron chi connectivity index (χ1n) is 5.40. The third-order valence-electron chi connectivity index (χ3n) is 3.49. The average Bonchev–Trinajstić information content (AvgIpc) is 2.45. The SMILES string of the molecule is Brc1ccc2c(c1)CCN2C1CCC1. The van der Waals surface area contributed by atoms with E-state index < -0.39 is 0 Å². The first kappa shape index (κ1) is 8.78. The molecule has 0 spiro atoms. The van der Waals surface area contributed by atoms with E-state index in [4.69, 9.17) is 0 Å². The maximum Gasteiger partial charge on any atom is 0.0402 e. The van der Waals surface area contributed by atoms with E-state index in [2.05, 4.69) is 39.0 Å². The third-order valence-corrected chi connectivity index (χ3v) is 3.98. The molecule has 2 heteroatoms. The lowest BCUT2D eigenvalue weighted by molar-refractivity contribution is 0.392. The van der Waals surface area contributed by atoms with Crippen LogP contribution in [0.25, 0.3) is 0 Å². The van der Waals surface area contributed by atoms with Crippen LogP contribution >= 0.6 is 15.9 Å². The highest BCUT2D eigenvalue weighted by molar-refractivity contribution is 9.10. The lowest BCUT2D eigenvalue weighted by atomic mass is 9.91. The summed E-state index contributed by atoms with van der Waals surface area (Å²) in [5.41, 5.74) is 3.00. The van der Waals surface area contributed by atoms with Crippen molar-refractivity contribution in [3.8, 4) is 0 Å². The summed E-state index contributed by atoms with van der Waals surface area (Å²) in [5, 5.41) is 0. The van der Waals surface area contributed by atoms with Crippen LogP contribution in [-0.4, -0.2) is 12.6 Å². The van der Waals surface area contributed by atoms with Crippen LogP contribution in [0, 0.1) is 0 Å². The fourth-order valence-corrected chi connectivity index (χ4v) is 2.88. The highest BCUT2D eigenvalue weighted by Gasteiger charge is 2.29. The zero-order valence-electron chi connectivity index (χ0n) is 8.17. The molecule has 1 nitrogen and oxygen atoms in total. The lowest BCUT2D eigenvalue weighted by Gasteiger charge is -2.36. The van der Waals surface area contributed by atoms with E-state index in [-0.39, 0.29) is 0 Å². The summed E-state index contributed by atoms with van der Waals surface area (Å²) < 4.78 is 1.21. The summed E-state index contributed by atoms with van der Waals surface area (Å²) >= 11 is 3.53. The lowest BCUT2D eigenvalue weighted by Crippen LogP contribution is -2.38. The van der Waals surface area contributed by atoms with Crippen LogP contribution < -0.4 is 4.90 Å². The summed E-state index contributed by atoms with van der Waals surface area (Å²) in [5.74, 6) is 0. The summed E-state index contributed by atoms with van der Waals surface area (Å²) in [6, 6.07) is 7.55. The third kappa shape index (κ3) is 1.28. The molecular formula is C12H14BrN. The van der Waals surface area contributed by atoms with Crippen LogP contribution in [0.15, 0.2) is 22.7 Å². The summed E-state index contributed by atoms with van der Waals surface area (Å²) in [4.78, 5) is 2.60. The fourth-order valence-electron chi connectivity index (χ4n) is 2.47. The van der Waals surface area contributed by atoms with E-state index in [1.165, 1.54) is 48.0 Å². The Balaban J connectivity index is 1.93. The topological polar surface area (TPSA) is 3.24 Å². The van der Waals surface area contributed by atoms with E-state index in [0.717, 1.165) is 6.04 Å². The molecule has 1 fully saturated rings. The number of fused-ring (bicyclic) bond motifs is 1. The van der Waals surface area contributed by atoms with Crippen molar-refractivity contribution < 1.29 is 0 Å². The molecule has 2 aliphatic rings. The molecule has 0 N–H and O–H groups in total. The molecule has 1 heterocycles. The van der Waals surface area contributed by atoms with Crippen molar-refractivity contribution >= 4 is 21.6 Å². The fraction of sp³-hybridized carbons (Fsp3) is 0.500. The Kier molecular flexibility index (Phi) is 2.05. The van der Waals surface area contributed by atoms with E-state index in [0.29, 0.717) is 0 Å². The molecule has 1 saturated carbocycles. The highest BCUT2D eigenvalue weighted by Crippen LogP contribution is 2.36. The van der Waals surface area contributed by atoms with Gasteiger partial charge >= 0.3 is 0 Å². The number of nitrogens with zero attached hydrogens (tertiary/aromatic N) is 1. The largest absolute Gasteiger partial charge is 0.368 e. The van der Waals surface area contributed by atoms with Crippen molar-refractivity contribution in [3.05, 3.63) is 28.2 Å². The van der Waals surface area contributed by atoms with E-state index in [1.54, 1.807) is 0 Å². The van der Waals surface area contributed by atoms with Crippen LogP contribution in [-0.2, 0) is 6.42 Å². The summed E-state index contributed by atoms with van der Waals surface area (Å²) in [6.07, 6.45) is 5.45. The van der Waals surface area contributed by atoms with Gasteiger partial charge in [-0.15, -0.1) is 0 Å². The Hall–Kier alpha value is -0.500. The van der Waals surface area contributed by atoms with E-state index >= 15 is 0 Å². The quantitative estimate of drug-likeness (QED) is 0.740. The van der Waals surface area contributed by atoms with Crippen molar-refractivity contribution in [3.63, 3.8) is 0 Å². The molecule has 74 valence electrons. The van der Waals surface area contributed by atoms with Crippen LogP contribution in [0.3, 0.4) is 0 Å². The number of hydrogen-bond acceptors (Lipinski definition) is 1. The van der Waals surface area contributed by atoms with Crippen molar-refractivity contribution in [2.75, 3.05) is 11.4 Å². The highest BCUT2D eigenvalue weighted by atomic mass is 79.9. The molecule has 0 bridgehead atoms. The second-order valence-electron chi connectivity index (χ2n) is 4.30. The smallest absolute Gasteiger partial charge is 0.0402 e. The standard InChI is InChI=1S/C12H14BrN/c13-10-4-5-12-9(8-10)6-7-14(12)11-2-1-3-11/h4-5,8,11H,1-3,6-7H2. The molecule has 0 atom stereocenters. The molecule has 0 radical (unpaired) electrons. The second kappa shape index (κ2) is 3.27. The number of rotatable bonds is 1. The molecule has 3 rings (SSSR count). The van der Waals surface area contributed by atoms with Crippen LogP contribution in [0.4, 0.5) is 5.69 Å². The van der Waals surface area contributed by atoms with Gasteiger partial charge in [0.1, 0.15) is 0 Å². The van der Waals surface area contributed by atoms with Gasteiger partial charge in [0.2, 0.25) is 0 Å². The van der Waals surface area contributed by atoms with Gasteiger partial charge in [-0.1, -0.05) is 15.9 Å². The van der Waals surface area contributed by atoms with Gasteiger partial charge in [-0.3, -0.25) is 0 Å². The molecular weight excluding hydrogens is 238 g/mol. The molecule has 1 aromatic carbocycles. The Bertz CT molecular complexity index is 357. The van der Waals surface area contributed by atoms with Gasteiger partial charge in [0, 0.05) is 22.7 Å². The zero-order chi connectivity index (χ0) is 9.54. The summed E-state index contributed by atoms with van der Waals surface area (Å²) in [7, 11) is 0. The molecule has 1 aromatic rings. The average molecular weight is 252 g/mol. The second-order valence-corrected chi connectivity index (χ2v) is 5.22. The van der Waals surface area contributed by atoms with Crippen molar-refractivity contribution in [2.45, 2.75) is 31.7 Å². The number of halogens is 1. The maximum absolute atomic E-state index is 3.53. The van der Waals surface area contributed by atoms with Gasteiger partial charge < -0.3 is 4.90 Å².